The lowest BCUT2D eigenvalue weighted by molar-refractivity contribution is 0.0687. The van der Waals surface area contributed by atoms with Gasteiger partial charge in [0, 0.05) is 0 Å². The van der Waals surface area contributed by atoms with Crippen molar-refractivity contribution in [1.82, 2.24) is 4.98 Å². The van der Waals surface area contributed by atoms with Gasteiger partial charge in [-0.05, 0) is 5.92 Å². The molecular formula is C8H12N2O3. The van der Waals surface area contributed by atoms with Crippen molar-refractivity contribution in [3.05, 3.63) is 17.8 Å². The quantitative estimate of drug-likeness (QED) is 0.732. The van der Waals surface area contributed by atoms with E-state index >= 15 is 0 Å². The van der Waals surface area contributed by atoms with Crippen LogP contribution in [0.4, 0.5) is 0 Å². The Kier molecular flexibility index (Phi) is 2.67. The molecule has 0 aliphatic heterocycles. The van der Waals surface area contributed by atoms with E-state index in [1.807, 2.05) is 13.8 Å². The Labute approximate surface area is 75.6 Å². The molecule has 0 amide bonds. The van der Waals surface area contributed by atoms with Gasteiger partial charge < -0.3 is 15.3 Å². The molecule has 1 aromatic heterocycles. The zero-order valence-electron chi connectivity index (χ0n) is 7.52. The summed E-state index contributed by atoms with van der Waals surface area (Å²) in [4.78, 5) is 14.2. The van der Waals surface area contributed by atoms with Gasteiger partial charge in [0.15, 0.2) is 17.8 Å². The lowest BCUT2D eigenvalue weighted by atomic mass is 10.0. The van der Waals surface area contributed by atoms with Crippen molar-refractivity contribution in [2.24, 2.45) is 11.7 Å². The summed E-state index contributed by atoms with van der Waals surface area (Å²) in [6.45, 7) is 3.78. The number of aromatic carboxylic acids is 1. The van der Waals surface area contributed by atoms with Crippen LogP contribution in [0.2, 0.25) is 0 Å². The molecule has 1 unspecified atom stereocenters. The van der Waals surface area contributed by atoms with E-state index < -0.39 is 12.0 Å². The van der Waals surface area contributed by atoms with Crippen LogP contribution in [0.1, 0.15) is 36.1 Å². The van der Waals surface area contributed by atoms with Gasteiger partial charge in [-0.2, -0.15) is 0 Å². The molecule has 0 spiro atoms. The predicted octanol–water partition coefficient (Wildman–Crippen LogP) is 1.03. The van der Waals surface area contributed by atoms with Gasteiger partial charge in [-0.3, -0.25) is 0 Å². The highest BCUT2D eigenvalue weighted by Gasteiger charge is 2.23. The highest BCUT2D eigenvalue weighted by molar-refractivity contribution is 5.86. The minimum atomic E-state index is -1.11. The van der Waals surface area contributed by atoms with Gasteiger partial charge in [-0.15, -0.1) is 0 Å². The number of nitrogens with zero attached hydrogens (tertiary/aromatic N) is 1. The molecule has 0 aliphatic carbocycles. The van der Waals surface area contributed by atoms with E-state index in [1.165, 1.54) is 0 Å². The molecule has 13 heavy (non-hydrogen) atoms. The Morgan fingerprint density at radius 2 is 2.31 bits per heavy atom. The van der Waals surface area contributed by atoms with Crippen LogP contribution in [0.5, 0.6) is 0 Å². The largest absolute Gasteiger partial charge is 0.476 e. The van der Waals surface area contributed by atoms with Crippen LogP contribution in [-0.4, -0.2) is 16.1 Å². The summed E-state index contributed by atoms with van der Waals surface area (Å²) in [6.07, 6.45) is 1.10. The first kappa shape index (κ1) is 9.73. The minimum Gasteiger partial charge on any atom is -0.476 e. The number of hydrogen-bond donors (Lipinski definition) is 2. The molecule has 0 aliphatic rings. The molecule has 0 saturated heterocycles. The van der Waals surface area contributed by atoms with Crippen LogP contribution in [0.15, 0.2) is 10.8 Å². The number of nitrogens with two attached hydrogens (primary N) is 1. The van der Waals surface area contributed by atoms with E-state index in [4.69, 9.17) is 15.3 Å². The summed E-state index contributed by atoms with van der Waals surface area (Å²) >= 11 is 0. The molecule has 0 saturated carbocycles. The third-order valence-corrected chi connectivity index (χ3v) is 1.82. The number of carboxylic acid groups (broad SMARTS) is 1. The van der Waals surface area contributed by atoms with Gasteiger partial charge in [0.2, 0.25) is 0 Å². The Morgan fingerprint density at radius 1 is 1.69 bits per heavy atom. The summed E-state index contributed by atoms with van der Waals surface area (Å²) in [5.41, 5.74) is 5.63. The summed E-state index contributed by atoms with van der Waals surface area (Å²) < 4.78 is 4.93. The third kappa shape index (κ3) is 1.86. The number of aromatic nitrogens is 1. The minimum absolute atomic E-state index is 0.0961. The Morgan fingerprint density at radius 3 is 2.77 bits per heavy atom. The van der Waals surface area contributed by atoms with Gasteiger partial charge >= 0.3 is 5.97 Å². The topological polar surface area (TPSA) is 89.4 Å². The first-order chi connectivity index (χ1) is 6.04. The fraction of sp³-hybridized carbons (Fsp3) is 0.500. The molecule has 5 nitrogen and oxygen atoms in total. The molecule has 0 radical (unpaired) electrons. The molecule has 0 bridgehead atoms. The molecule has 1 aromatic rings. The highest BCUT2D eigenvalue weighted by atomic mass is 16.4. The third-order valence-electron chi connectivity index (χ3n) is 1.82. The van der Waals surface area contributed by atoms with E-state index in [0.29, 0.717) is 0 Å². The smallest absolute Gasteiger partial charge is 0.358 e. The monoisotopic (exact) mass is 184 g/mol. The van der Waals surface area contributed by atoms with Gasteiger partial charge in [0.25, 0.3) is 0 Å². The van der Waals surface area contributed by atoms with Crippen LogP contribution < -0.4 is 5.73 Å². The van der Waals surface area contributed by atoms with E-state index in [-0.39, 0.29) is 17.4 Å². The van der Waals surface area contributed by atoms with Crippen molar-refractivity contribution in [2.45, 2.75) is 19.9 Å². The fourth-order valence-corrected chi connectivity index (χ4v) is 0.955. The van der Waals surface area contributed by atoms with Crippen molar-refractivity contribution in [1.29, 1.82) is 0 Å². The fourth-order valence-electron chi connectivity index (χ4n) is 0.955. The first-order valence-electron chi connectivity index (χ1n) is 3.96. The van der Waals surface area contributed by atoms with Crippen molar-refractivity contribution in [3.63, 3.8) is 0 Å². The van der Waals surface area contributed by atoms with Gasteiger partial charge in [0.1, 0.15) is 0 Å². The second-order valence-electron chi connectivity index (χ2n) is 3.14. The summed E-state index contributed by atoms with van der Waals surface area (Å²) in [7, 11) is 0. The molecule has 1 rings (SSSR count). The molecule has 0 aromatic carbocycles. The number of carbonyl (C=O) groups is 1. The SMILES string of the molecule is CC(C)C(N)c1ocnc1C(=O)O. The summed E-state index contributed by atoms with van der Waals surface area (Å²) in [5, 5.41) is 8.71. The Hall–Kier alpha value is -1.36. The van der Waals surface area contributed by atoms with Crippen LogP contribution in [0, 0.1) is 5.92 Å². The normalized spacial score (nSPS) is 13.2. The second-order valence-corrected chi connectivity index (χ2v) is 3.14. The van der Waals surface area contributed by atoms with E-state index in [2.05, 4.69) is 4.98 Å². The molecular weight excluding hydrogens is 172 g/mol. The highest BCUT2D eigenvalue weighted by Crippen LogP contribution is 2.21. The maximum Gasteiger partial charge on any atom is 0.358 e. The molecule has 1 atom stereocenters. The van der Waals surface area contributed by atoms with Crippen LogP contribution in [-0.2, 0) is 0 Å². The van der Waals surface area contributed by atoms with E-state index in [9.17, 15) is 4.79 Å². The van der Waals surface area contributed by atoms with Crippen LogP contribution in [0.3, 0.4) is 0 Å². The average molecular weight is 184 g/mol. The predicted molar refractivity (Wildman–Crippen MR) is 45.2 cm³/mol. The van der Waals surface area contributed by atoms with Crippen molar-refractivity contribution < 1.29 is 14.3 Å². The Balaban J connectivity index is 3.00. The lowest BCUT2D eigenvalue weighted by Crippen LogP contribution is -2.19. The van der Waals surface area contributed by atoms with Gasteiger partial charge in [-0.25, -0.2) is 9.78 Å². The first-order valence-corrected chi connectivity index (χ1v) is 3.96. The maximum atomic E-state index is 10.6. The summed E-state index contributed by atoms with van der Waals surface area (Å²) in [6, 6.07) is -0.423. The van der Waals surface area contributed by atoms with Crippen molar-refractivity contribution in [3.8, 4) is 0 Å². The standard InChI is InChI=1S/C8H12N2O3/c1-4(2)5(9)7-6(8(11)12)10-3-13-7/h3-5H,9H2,1-2H3,(H,11,12). The molecule has 3 N–H and O–H groups in total. The Bertz CT molecular complexity index is 306. The van der Waals surface area contributed by atoms with Gasteiger partial charge in [-0.1, -0.05) is 13.8 Å². The van der Waals surface area contributed by atoms with Crippen molar-refractivity contribution >= 4 is 5.97 Å². The molecule has 5 heteroatoms. The number of hydrogen-bond acceptors (Lipinski definition) is 4. The van der Waals surface area contributed by atoms with Gasteiger partial charge in [0.05, 0.1) is 6.04 Å². The van der Waals surface area contributed by atoms with Crippen LogP contribution >= 0.6 is 0 Å². The lowest BCUT2D eigenvalue weighted by Gasteiger charge is -2.12. The molecule has 72 valence electrons. The molecule has 0 fully saturated rings. The van der Waals surface area contributed by atoms with Crippen LogP contribution in [0.25, 0.3) is 0 Å². The van der Waals surface area contributed by atoms with E-state index in [1.54, 1.807) is 0 Å². The zero-order chi connectivity index (χ0) is 10.0. The summed E-state index contributed by atoms with van der Waals surface area (Å²) in [5.74, 6) is -0.756. The number of rotatable bonds is 3. The number of carboxylic acids is 1. The number of oxazole rings is 1. The molecule has 1 heterocycles. The van der Waals surface area contributed by atoms with Crippen molar-refractivity contribution in [2.75, 3.05) is 0 Å². The average Bonchev–Trinajstić information content (AvgIpc) is 2.50. The maximum absolute atomic E-state index is 10.6. The van der Waals surface area contributed by atoms with E-state index in [0.717, 1.165) is 6.39 Å². The second kappa shape index (κ2) is 3.57. The zero-order valence-corrected chi connectivity index (χ0v) is 7.52.